The molecule has 20 heavy (non-hydrogen) atoms. The number of rotatable bonds is 2. The highest BCUT2D eigenvalue weighted by Gasteiger charge is 2.15. The topological polar surface area (TPSA) is 40.7 Å². The van der Waals surface area contributed by atoms with Crippen LogP contribution in [0.5, 0.6) is 0 Å². The van der Waals surface area contributed by atoms with E-state index in [0.717, 1.165) is 22.4 Å². The Morgan fingerprint density at radius 2 is 1.75 bits per heavy atom. The van der Waals surface area contributed by atoms with E-state index in [-0.39, 0.29) is 5.41 Å². The molecule has 3 aromatic rings. The average molecular weight is 265 g/mol. The fourth-order valence-electron chi connectivity index (χ4n) is 2.24. The van der Waals surface area contributed by atoms with Crippen molar-refractivity contribution in [2.75, 3.05) is 5.32 Å². The Morgan fingerprint density at radius 3 is 2.45 bits per heavy atom. The van der Waals surface area contributed by atoms with E-state index < -0.39 is 0 Å². The standard InChI is InChI=1S/C17H19N3/c1-17(2,3)12-9-10-14-15(11-12)19-20-16(14)18-13-7-5-4-6-8-13/h4-11H,1-3H3,(H2,18,19,20). The summed E-state index contributed by atoms with van der Waals surface area (Å²) in [5, 5.41) is 11.9. The molecule has 0 radical (unpaired) electrons. The van der Waals surface area contributed by atoms with Crippen LogP contribution in [0, 0.1) is 0 Å². The third-order valence-electron chi connectivity index (χ3n) is 3.47. The van der Waals surface area contributed by atoms with E-state index in [9.17, 15) is 0 Å². The summed E-state index contributed by atoms with van der Waals surface area (Å²) in [5.41, 5.74) is 3.56. The van der Waals surface area contributed by atoms with Gasteiger partial charge in [0.2, 0.25) is 0 Å². The van der Waals surface area contributed by atoms with Crippen LogP contribution in [0.2, 0.25) is 0 Å². The molecular weight excluding hydrogens is 246 g/mol. The summed E-state index contributed by atoms with van der Waals surface area (Å²) in [5.74, 6) is 0.867. The van der Waals surface area contributed by atoms with E-state index in [1.54, 1.807) is 0 Å². The number of H-pyrrole nitrogens is 1. The number of nitrogens with one attached hydrogen (secondary N) is 2. The number of para-hydroxylation sites is 1. The minimum absolute atomic E-state index is 0.145. The Labute approximate surface area is 119 Å². The van der Waals surface area contributed by atoms with Crippen molar-refractivity contribution in [2.45, 2.75) is 26.2 Å². The quantitative estimate of drug-likeness (QED) is 0.710. The lowest BCUT2D eigenvalue weighted by atomic mass is 9.87. The molecule has 0 aliphatic rings. The second-order valence-corrected chi connectivity index (χ2v) is 6.07. The molecule has 1 aromatic heterocycles. The first-order chi connectivity index (χ1) is 9.54. The van der Waals surface area contributed by atoms with Gasteiger partial charge in [0.15, 0.2) is 5.82 Å². The van der Waals surface area contributed by atoms with E-state index in [4.69, 9.17) is 0 Å². The van der Waals surface area contributed by atoms with Gasteiger partial charge >= 0.3 is 0 Å². The van der Waals surface area contributed by atoms with E-state index in [2.05, 4.69) is 54.5 Å². The number of fused-ring (bicyclic) bond motifs is 1. The molecule has 3 heteroatoms. The maximum atomic E-state index is 4.38. The van der Waals surface area contributed by atoms with Gasteiger partial charge in [-0.1, -0.05) is 45.0 Å². The average Bonchev–Trinajstić information content (AvgIpc) is 2.81. The van der Waals surface area contributed by atoms with Gasteiger partial charge < -0.3 is 5.32 Å². The zero-order valence-electron chi connectivity index (χ0n) is 12.1. The first kappa shape index (κ1) is 12.7. The predicted molar refractivity (Wildman–Crippen MR) is 84.5 cm³/mol. The van der Waals surface area contributed by atoms with Crippen LogP contribution in [0.3, 0.4) is 0 Å². The van der Waals surface area contributed by atoms with Crippen LogP contribution >= 0.6 is 0 Å². The minimum Gasteiger partial charge on any atom is -0.338 e. The second-order valence-electron chi connectivity index (χ2n) is 6.07. The SMILES string of the molecule is CC(C)(C)c1ccc2c(Nc3ccccc3)n[nH]c2c1. The summed E-state index contributed by atoms with van der Waals surface area (Å²) < 4.78 is 0. The van der Waals surface area contributed by atoms with Crippen molar-refractivity contribution in [2.24, 2.45) is 0 Å². The zero-order chi connectivity index (χ0) is 14.2. The van der Waals surface area contributed by atoms with Crippen molar-refractivity contribution in [3.63, 3.8) is 0 Å². The molecule has 0 aliphatic heterocycles. The lowest BCUT2D eigenvalue weighted by Gasteiger charge is -2.18. The minimum atomic E-state index is 0.145. The van der Waals surface area contributed by atoms with E-state index in [1.165, 1.54) is 5.56 Å². The highest BCUT2D eigenvalue weighted by atomic mass is 15.2. The number of benzene rings is 2. The summed E-state index contributed by atoms with van der Waals surface area (Å²) in [6, 6.07) is 16.6. The van der Waals surface area contributed by atoms with E-state index >= 15 is 0 Å². The molecular formula is C17H19N3. The normalized spacial score (nSPS) is 11.8. The van der Waals surface area contributed by atoms with Crippen molar-refractivity contribution < 1.29 is 0 Å². The van der Waals surface area contributed by atoms with Gasteiger partial charge in [-0.15, -0.1) is 0 Å². The highest BCUT2D eigenvalue weighted by Crippen LogP contribution is 2.29. The number of aromatic nitrogens is 2. The summed E-state index contributed by atoms with van der Waals surface area (Å²) in [7, 11) is 0. The molecule has 0 atom stereocenters. The summed E-state index contributed by atoms with van der Waals surface area (Å²) in [6.07, 6.45) is 0. The van der Waals surface area contributed by atoms with Gasteiger partial charge in [0.05, 0.1) is 5.52 Å². The van der Waals surface area contributed by atoms with Crippen molar-refractivity contribution in [1.82, 2.24) is 10.2 Å². The number of anilines is 2. The van der Waals surface area contributed by atoms with Crippen molar-refractivity contribution in [1.29, 1.82) is 0 Å². The molecule has 0 bridgehead atoms. The molecule has 0 saturated carbocycles. The largest absolute Gasteiger partial charge is 0.338 e. The molecule has 0 unspecified atom stereocenters. The Morgan fingerprint density at radius 1 is 1.00 bits per heavy atom. The van der Waals surface area contributed by atoms with Gasteiger partial charge in [0.25, 0.3) is 0 Å². The van der Waals surface area contributed by atoms with Gasteiger partial charge in [0.1, 0.15) is 0 Å². The second kappa shape index (κ2) is 4.67. The fraction of sp³-hybridized carbons (Fsp3) is 0.235. The Bertz CT molecular complexity index is 721. The van der Waals surface area contributed by atoms with Gasteiger partial charge in [-0.05, 0) is 35.2 Å². The smallest absolute Gasteiger partial charge is 0.160 e. The molecule has 102 valence electrons. The van der Waals surface area contributed by atoms with Crippen LogP contribution < -0.4 is 5.32 Å². The first-order valence-electron chi connectivity index (χ1n) is 6.85. The molecule has 2 aromatic carbocycles. The van der Waals surface area contributed by atoms with Crippen LogP contribution in [0.1, 0.15) is 26.3 Å². The van der Waals surface area contributed by atoms with Gasteiger partial charge in [0, 0.05) is 11.1 Å². The monoisotopic (exact) mass is 265 g/mol. The Hall–Kier alpha value is -2.29. The van der Waals surface area contributed by atoms with E-state index in [0.29, 0.717) is 0 Å². The maximum Gasteiger partial charge on any atom is 0.160 e. The van der Waals surface area contributed by atoms with Crippen LogP contribution in [0.4, 0.5) is 11.5 Å². The number of hydrogen-bond donors (Lipinski definition) is 2. The molecule has 0 spiro atoms. The van der Waals surface area contributed by atoms with E-state index in [1.807, 2.05) is 30.3 Å². The van der Waals surface area contributed by atoms with Crippen LogP contribution in [0.15, 0.2) is 48.5 Å². The molecule has 2 N–H and O–H groups in total. The highest BCUT2D eigenvalue weighted by molar-refractivity contribution is 5.91. The summed E-state index contributed by atoms with van der Waals surface area (Å²) >= 11 is 0. The number of aromatic amines is 1. The van der Waals surface area contributed by atoms with Gasteiger partial charge in [-0.2, -0.15) is 5.10 Å². The zero-order valence-corrected chi connectivity index (χ0v) is 12.1. The van der Waals surface area contributed by atoms with Crippen LogP contribution in [-0.4, -0.2) is 10.2 Å². The van der Waals surface area contributed by atoms with Crippen molar-refractivity contribution in [3.05, 3.63) is 54.1 Å². The number of nitrogens with zero attached hydrogens (tertiary/aromatic N) is 1. The lowest BCUT2D eigenvalue weighted by molar-refractivity contribution is 0.591. The Balaban J connectivity index is 1.98. The molecule has 3 nitrogen and oxygen atoms in total. The molecule has 0 fully saturated rings. The van der Waals surface area contributed by atoms with Gasteiger partial charge in [-0.3, -0.25) is 5.10 Å². The molecule has 1 heterocycles. The third kappa shape index (κ3) is 2.39. The molecule has 0 amide bonds. The van der Waals surface area contributed by atoms with Gasteiger partial charge in [-0.25, -0.2) is 0 Å². The Kier molecular flexibility index (Phi) is 2.97. The molecule has 0 saturated heterocycles. The maximum absolute atomic E-state index is 4.38. The lowest BCUT2D eigenvalue weighted by Crippen LogP contribution is -2.10. The number of hydrogen-bond acceptors (Lipinski definition) is 2. The van der Waals surface area contributed by atoms with Crippen molar-refractivity contribution in [3.8, 4) is 0 Å². The predicted octanol–water partition coefficient (Wildman–Crippen LogP) is 4.60. The van der Waals surface area contributed by atoms with Crippen LogP contribution in [0.25, 0.3) is 10.9 Å². The summed E-state index contributed by atoms with van der Waals surface area (Å²) in [4.78, 5) is 0. The van der Waals surface area contributed by atoms with Crippen LogP contribution in [-0.2, 0) is 5.41 Å². The fourth-order valence-corrected chi connectivity index (χ4v) is 2.24. The van der Waals surface area contributed by atoms with Crippen molar-refractivity contribution >= 4 is 22.4 Å². The third-order valence-corrected chi connectivity index (χ3v) is 3.47. The molecule has 0 aliphatic carbocycles. The summed E-state index contributed by atoms with van der Waals surface area (Å²) in [6.45, 7) is 6.65. The first-order valence-corrected chi connectivity index (χ1v) is 6.85. The molecule has 3 rings (SSSR count).